The standard InChI is InChI=1S/C17H17NO3/c1-20-15-7-4-12(5-8-15)17(19)18-14-6-9-16-13(11-14)3-2-10-21-16/h4-9,11H,2-3,10H2,1H3,(H,18,19). The van der Waals surface area contributed by atoms with Crippen LogP contribution in [0.2, 0.25) is 0 Å². The van der Waals surface area contributed by atoms with E-state index in [4.69, 9.17) is 9.47 Å². The Labute approximate surface area is 123 Å². The third kappa shape index (κ3) is 2.99. The topological polar surface area (TPSA) is 47.6 Å². The van der Waals surface area contributed by atoms with Crippen LogP contribution >= 0.6 is 0 Å². The summed E-state index contributed by atoms with van der Waals surface area (Å²) in [6.07, 6.45) is 2.00. The molecule has 0 atom stereocenters. The van der Waals surface area contributed by atoms with Crippen LogP contribution in [0, 0.1) is 0 Å². The van der Waals surface area contributed by atoms with Gasteiger partial charge in [-0.15, -0.1) is 0 Å². The number of hydrogen-bond donors (Lipinski definition) is 1. The number of amides is 1. The molecule has 108 valence electrons. The lowest BCUT2D eigenvalue weighted by Crippen LogP contribution is -2.13. The van der Waals surface area contributed by atoms with Crippen LogP contribution in [0.5, 0.6) is 11.5 Å². The van der Waals surface area contributed by atoms with E-state index in [1.807, 2.05) is 18.2 Å². The summed E-state index contributed by atoms with van der Waals surface area (Å²) >= 11 is 0. The molecule has 0 aromatic heterocycles. The van der Waals surface area contributed by atoms with Gasteiger partial charge in [-0.05, 0) is 60.9 Å². The Bertz CT molecular complexity index is 650. The summed E-state index contributed by atoms with van der Waals surface area (Å²) in [6, 6.07) is 12.8. The molecule has 0 aliphatic carbocycles. The smallest absolute Gasteiger partial charge is 0.255 e. The average Bonchev–Trinajstić information content (AvgIpc) is 2.55. The van der Waals surface area contributed by atoms with Crippen molar-refractivity contribution in [2.45, 2.75) is 12.8 Å². The highest BCUT2D eigenvalue weighted by atomic mass is 16.5. The zero-order valence-corrected chi connectivity index (χ0v) is 11.9. The Balaban J connectivity index is 1.74. The van der Waals surface area contributed by atoms with E-state index >= 15 is 0 Å². The van der Waals surface area contributed by atoms with Crippen molar-refractivity contribution in [3.8, 4) is 11.5 Å². The van der Waals surface area contributed by atoms with E-state index in [1.54, 1.807) is 31.4 Å². The average molecular weight is 283 g/mol. The molecule has 0 radical (unpaired) electrons. The predicted octanol–water partition coefficient (Wildman–Crippen LogP) is 3.27. The van der Waals surface area contributed by atoms with Crippen LogP contribution in [0.25, 0.3) is 0 Å². The first-order valence-electron chi connectivity index (χ1n) is 6.97. The summed E-state index contributed by atoms with van der Waals surface area (Å²) in [4.78, 5) is 12.2. The first-order valence-corrected chi connectivity index (χ1v) is 6.97. The van der Waals surface area contributed by atoms with Gasteiger partial charge in [0.05, 0.1) is 13.7 Å². The fourth-order valence-electron chi connectivity index (χ4n) is 2.38. The number of methoxy groups -OCH3 is 1. The van der Waals surface area contributed by atoms with Crippen LogP contribution in [0.3, 0.4) is 0 Å². The summed E-state index contributed by atoms with van der Waals surface area (Å²) in [5, 5.41) is 2.91. The Morgan fingerprint density at radius 2 is 2.00 bits per heavy atom. The van der Waals surface area contributed by atoms with Crippen LogP contribution < -0.4 is 14.8 Å². The van der Waals surface area contributed by atoms with E-state index < -0.39 is 0 Å². The molecule has 1 amide bonds. The maximum atomic E-state index is 12.2. The Morgan fingerprint density at radius 3 is 2.76 bits per heavy atom. The highest BCUT2D eigenvalue weighted by molar-refractivity contribution is 6.04. The minimum atomic E-state index is -0.130. The summed E-state index contributed by atoms with van der Waals surface area (Å²) in [6.45, 7) is 0.768. The van der Waals surface area contributed by atoms with E-state index in [-0.39, 0.29) is 5.91 Å². The number of rotatable bonds is 3. The molecular weight excluding hydrogens is 266 g/mol. The van der Waals surface area contributed by atoms with Gasteiger partial charge in [0.15, 0.2) is 0 Å². The van der Waals surface area contributed by atoms with E-state index in [0.717, 1.165) is 42.2 Å². The van der Waals surface area contributed by atoms with Crippen LogP contribution in [0.4, 0.5) is 5.69 Å². The zero-order valence-electron chi connectivity index (χ0n) is 11.9. The van der Waals surface area contributed by atoms with Gasteiger partial charge in [0.2, 0.25) is 0 Å². The van der Waals surface area contributed by atoms with Crippen molar-refractivity contribution in [1.29, 1.82) is 0 Å². The van der Waals surface area contributed by atoms with Crippen molar-refractivity contribution in [1.82, 2.24) is 0 Å². The summed E-state index contributed by atoms with van der Waals surface area (Å²) < 4.78 is 10.7. The van der Waals surface area contributed by atoms with Crippen molar-refractivity contribution >= 4 is 11.6 Å². The first kappa shape index (κ1) is 13.5. The Morgan fingerprint density at radius 1 is 1.19 bits per heavy atom. The molecular formula is C17H17NO3. The summed E-state index contributed by atoms with van der Waals surface area (Å²) in [5.74, 6) is 1.52. The van der Waals surface area contributed by atoms with Crippen molar-refractivity contribution in [3.63, 3.8) is 0 Å². The minimum Gasteiger partial charge on any atom is -0.497 e. The van der Waals surface area contributed by atoms with Crippen molar-refractivity contribution < 1.29 is 14.3 Å². The number of ether oxygens (including phenoxy) is 2. The van der Waals surface area contributed by atoms with E-state index in [0.29, 0.717) is 5.56 Å². The molecule has 4 nitrogen and oxygen atoms in total. The van der Waals surface area contributed by atoms with Gasteiger partial charge in [-0.2, -0.15) is 0 Å². The number of aryl methyl sites for hydroxylation is 1. The molecule has 2 aromatic carbocycles. The molecule has 1 N–H and O–H groups in total. The number of fused-ring (bicyclic) bond motifs is 1. The van der Waals surface area contributed by atoms with Crippen LogP contribution in [-0.2, 0) is 6.42 Å². The van der Waals surface area contributed by atoms with Gasteiger partial charge in [0.1, 0.15) is 11.5 Å². The number of anilines is 1. The molecule has 0 bridgehead atoms. The quantitative estimate of drug-likeness (QED) is 0.940. The van der Waals surface area contributed by atoms with Gasteiger partial charge in [0.25, 0.3) is 5.91 Å². The number of benzene rings is 2. The SMILES string of the molecule is COc1ccc(C(=O)Nc2ccc3c(c2)CCCO3)cc1. The molecule has 0 unspecified atom stereocenters. The normalized spacial score (nSPS) is 13.0. The maximum Gasteiger partial charge on any atom is 0.255 e. The van der Waals surface area contributed by atoms with Gasteiger partial charge < -0.3 is 14.8 Å². The largest absolute Gasteiger partial charge is 0.497 e. The summed E-state index contributed by atoms with van der Waals surface area (Å²) in [7, 11) is 1.60. The number of nitrogens with one attached hydrogen (secondary N) is 1. The van der Waals surface area contributed by atoms with Crippen LogP contribution in [0.1, 0.15) is 22.3 Å². The molecule has 0 fully saturated rings. The van der Waals surface area contributed by atoms with Gasteiger partial charge in [-0.25, -0.2) is 0 Å². The van der Waals surface area contributed by atoms with Gasteiger partial charge >= 0.3 is 0 Å². The second-order valence-corrected chi connectivity index (χ2v) is 4.96. The molecule has 1 aliphatic heterocycles. The fourth-order valence-corrected chi connectivity index (χ4v) is 2.38. The molecule has 0 saturated carbocycles. The molecule has 2 aromatic rings. The summed E-state index contributed by atoms with van der Waals surface area (Å²) in [5.41, 5.74) is 2.54. The number of hydrogen-bond acceptors (Lipinski definition) is 3. The molecule has 1 aliphatic rings. The van der Waals surface area contributed by atoms with Crippen molar-refractivity contribution in [2.75, 3.05) is 19.0 Å². The molecule has 0 spiro atoms. The first-order chi connectivity index (χ1) is 10.3. The van der Waals surface area contributed by atoms with Gasteiger partial charge in [-0.3, -0.25) is 4.79 Å². The fraction of sp³-hybridized carbons (Fsp3) is 0.235. The lowest BCUT2D eigenvalue weighted by molar-refractivity contribution is 0.102. The molecule has 21 heavy (non-hydrogen) atoms. The lowest BCUT2D eigenvalue weighted by atomic mass is 10.1. The Hall–Kier alpha value is -2.49. The maximum absolute atomic E-state index is 12.2. The zero-order chi connectivity index (χ0) is 14.7. The molecule has 3 rings (SSSR count). The van der Waals surface area contributed by atoms with Gasteiger partial charge in [-0.1, -0.05) is 0 Å². The van der Waals surface area contributed by atoms with Crippen molar-refractivity contribution in [2.24, 2.45) is 0 Å². The van der Waals surface area contributed by atoms with E-state index in [2.05, 4.69) is 5.32 Å². The van der Waals surface area contributed by atoms with E-state index in [9.17, 15) is 4.79 Å². The lowest BCUT2D eigenvalue weighted by Gasteiger charge is -2.18. The Kier molecular flexibility index (Phi) is 3.77. The van der Waals surface area contributed by atoms with Gasteiger partial charge in [0, 0.05) is 11.3 Å². The molecule has 4 heteroatoms. The third-order valence-corrected chi connectivity index (χ3v) is 3.52. The minimum absolute atomic E-state index is 0.130. The highest BCUT2D eigenvalue weighted by Gasteiger charge is 2.12. The highest BCUT2D eigenvalue weighted by Crippen LogP contribution is 2.27. The van der Waals surface area contributed by atoms with E-state index in [1.165, 1.54) is 0 Å². The predicted molar refractivity (Wildman–Crippen MR) is 81.2 cm³/mol. The third-order valence-electron chi connectivity index (χ3n) is 3.52. The molecule has 0 saturated heterocycles. The van der Waals surface area contributed by atoms with Crippen LogP contribution in [0.15, 0.2) is 42.5 Å². The second kappa shape index (κ2) is 5.87. The van der Waals surface area contributed by atoms with Crippen LogP contribution in [-0.4, -0.2) is 19.6 Å². The number of carbonyl (C=O) groups excluding carboxylic acids is 1. The monoisotopic (exact) mass is 283 g/mol. The second-order valence-electron chi connectivity index (χ2n) is 4.96. The van der Waals surface area contributed by atoms with Crippen molar-refractivity contribution in [3.05, 3.63) is 53.6 Å². The number of carbonyl (C=O) groups is 1. The molecule has 1 heterocycles.